The van der Waals surface area contributed by atoms with E-state index in [1.807, 2.05) is 37.3 Å². The Kier molecular flexibility index (Phi) is 3.60. The zero-order valence-electron chi connectivity index (χ0n) is 12.2. The lowest BCUT2D eigenvalue weighted by Crippen LogP contribution is -2.00. The second kappa shape index (κ2) is 5.41. The number of aryl methyl sites for hydroxylation is 2. The zero-order chi connectivity index (χ0) is 15.0. The number of aromatic nitrogens is 2. The molecule has 1 aromatic heterocycles. The van der Waals surface area contributed by atoms with Gasteiger partial charge in [0.05, 0.1) is 11.0 Å². The van der Waals surface area contributed by atoms with Gasteiger partial charge in [0.2, 0.25) is 0 Å². The van der Waals surface area contributed by atoms with Gasteiger partial charge in [-0.1, -0.05) is 30.7 Å². The van der Waals surface area contributed by atoms with E-state index in [9.17, 15) is 0 Å². The van der Waals surface area contributed by atoms with Crippen LogP contribution in [0.5, 0.6) is 0 Å². The third-order valence-corrected chi connectivity index (χ3v) is 3.93. The van der Waals surface area contributed by atoms with Gasteiger partial charge in [0.25, 0.3) is 0 Å². The fourth-order valence-corrected chi connectivity index (χ4v) is 2.71. The quantitative estimate of drug-likeness (QED) is 0.715. The van der Waals surface area contributed by atoms with Crippen molar-refractivity contribution in [3.8, 4) is 11.4 Å². The highest BCUT2D eigenvalue weighted by Crippen LogP contribution is 2.29. The first-order valence-corrected chi connectivity index (χ1v) is 7.50. The number of anilines is 1. The van der Waals surface area contributed by atoms with E-state index in [4.69, 9.17) is 22.3 Å². The molecular formula is C17H18ClN3. The van der Waals surface area contributed by atoms with E-state index in [1.54, 1.807) is 0 Å². The van der Waals surface area contributed by atoms with Crippen molar-refractivity contribution >= 4 is 28.3 Å². The summed E-state index contributed by atoms with van der Waals surface area (Å²) in [4.78, 5) is 4.76. The summed E-state index contributed by atoms with van der Waals surface area (Å²) in [5.41, 5.74) is 11.0. The number of hydrogen-bond donors (Lipinski definition) is 1. The molecule has 0 aliphatic rings. The van der Waals surface area contributed by atoms with Crippen LogP contribution in [-0.2, 0) is 6.54 Å². The monoisotopic (exact) mass is 299 g/mol. The summed E-state index contributed by atoms with van der Waals surface area (Å²) in [7, 11) is 0. The van der Waals surface area contributed by atoms with Crippen molar-refractivity contribution in [1.82, 2.24) is 9.55 Å². The molecule has 0 aliphatic heterocycles. The minimum atomic E-state index is 0.731. The molecule has 0 radical (unpaired) electrons. The van der Waals surface area contributed by atoms with Gasteiger partial charge < -0.3 is 10.3 Å². The number of rotatable bonds is 3. The number of nitrogen functional groups attached to an aromatic ring is 1. The van der Waals surface area contributed by atoms with Gasteiger partial charge in [-0.25, -0.2) is 4.98 Å². The van der Waals surface area contributed by atoms with Gasteiger partial charge >= 0.3 is 0 Å². The second-order valence-corrected chi connectivity index (χ2v) is 5.73. The lowest BCUT2D eigenvalue weighted by Gasteiger charge is -2.09. The van der Waals surface area contributed by atoms with Crippen LogP contribution < -0.4 is 5.73 Å². The van der Waals surface area contributed by atoms with E-state index in [-0.39, 0.29) is 0 Å². The summed E-state index contributed by atoms with van der Waals surface area (Å²) in [6.07, 6.45) is 1.03. The third kappa shape index (κ3) is 2.49. The van der Waals surface area contributed by atoms with Crippen LogP contribution in [0, 0.1) is 6.92 Å². The molecule has 0 fully saturated rings. The van der Waals surface area contributed by atoms with Crippen LogP contribution in [0.25, 0.3) is 22.4 Å². The van der Waals surface area contributed by atoms with Crippen LogP contribution in [0.3, 0.4) is 0 Å². The van der Waals surface area contributed by atoms with Crippen LogP contribution in [0.1, 0.15) is 18.9 Å². The van der Waals surface area contributed by atoms with E-state index < -0.39 is 0 Å². The number of benzene rings is 2. The predicted octanol–water partition coefficient (Wildman–Crippen LogP) is 4.66. The Morgan fingerprint density at radius 2 is 2.00 bits per heavy atom. The number of hydrogen-bond acceptors (Lipinski definition) is 2. The molecule has 2 N–H and O–H groups in total. The maximum Gasteiger partial charge on any atom is 0.141 e. The van der Waals surface area contributed by atoms with E-state index in [0.717, 1.165) is 51.7 Å². The number of nitrogens with zero attached hydrogens (tertiary/aromatic N) is 2. The van der Waals surface area contributed by atoms with Crippen molar-refractivity contribution in [2.24, 2.45) is 0 Å². The highest BCUT2D eigenvalue weighted by Gasteiger charge is 2.13. The van der Waals surface area contributed by atoms with Crippen molar-refractivity contribution in [3.63, 3.8) is 0 Å². The van der Waals surface area contributed by atoms with Gasteiger partial charge in [0.15, 0.2) is 0 Å². The van der Waals surface area contributed by atoms with Crippen molar-refractivity contribution < 1.29 is 0 Å². The Labute approximate surface area is 129 Å². The van der Waals surface area contributed by atoms with Crippen molar-refractivity contribution in [1.29, 1.82) is 0 Å². The molecule has 3 aromatic rings. The Hall–Kier alpha value is -2.00. The molecule has 21 heavy (non-hydrogen) atoms. The SMILES string of the molecule is CCCn1c(-c2ccc(C)c(N)c2)nc2ccc(Cl)cc21. The standard InChI is InChI=1S/C17H18ClN3/c1-3-8-21-16-10-13(18)6-7-15(16)20-17(21)12-5-4-11(2)14(19)9-12/h4-7,9-10H,3,8,19H2,1-2H3. The number of nitrogens with two attached hydrogens (primary N) is 1. The fourth-order valence-electron chi connectivity index (χ4n) is 2.55. The van der Waals surface area contributed by atoms with Gasteiger partial charge in [0.1, 0.15) is 5.82 Å². The van der Waals surface area contributed by atoms with Gasteiger partial charge in [0, 0.05) is 22.8 Å². The van der Waals surface area contributed by atoms with Crippen LogP contribution in [-0.4, -0.2) is 9.55 Å². The van der Waals surface area contributed by atoms with Crippen LogP contribution in [0.2, 0.25) is 5.02 Å². The summed E-state index contributed by atoms with van der Waals surface area (Å²) in [6, 6.07) is 11.9. The molecule has 0 spiro atoms. The van der Waals surface area contributed by atoms with Crippen LogP contribution in [0.4, 0.5) is 5.69 Å². The van der Waals surface area contributed by atoms with Gasteiger partial charge in [-0.2, -0.15) is 0 Å². The molecule has 108 valence electrons. The molecule has 0 saturated carbocycles. The molecule has 0 unspecified atom stereocenters. The van der Waals surface area contributed by atoms with Crippen LogP contribution >= 0.6 is 11.6 Å². The van der Waals surface area contributed by atoms with Crippen molar-refractivity contribution in [2.45, 2.75) is 26.8 Å². The smallest absolute Gasteiger partial charge is 0.141 e. The van der Waals surface area contributed by atoms with E-state index in [0.29, 0.717) is 0 Å². The average Bonchev–Trinajstić information content (AvgIpc) is 2.81. The Balaban J connectivity index is 2.25. The molecule has 0 amide bonds. The average molecular weight is 300 g/mol. The molecule has 0 aliphatic carbocycles. The highest BCUT2D eigenvalue weighted by molar-refractivity contribution is 6.31. The van der Waals surface area contributed by atoms with Gasteiger partial charge in [-0.3, -0.25) is 0 Å². The van der Waals surface area contributed by atoms with Crippen LogP contribution in [0.15, 0.2) is 36.4 Å². The first-order valence-electron chi connectivity index (χ1n) is 7.12. The van der Waals surface area contributed by atoms with E-state index in [1.165, 1.54) is 0 Å². The topological polar surface area (TPSA) is 43.8 Å². The maximum atomic E-state index is 6.13. The summed E-state index contributed by atoms with van der Waals surface area (Å²) >= 11 is 6.13. The second-order valence-electron chi connectivity index (χ2n) is 5.29. The summed E-state index contributed by atoms with van der Waals surface area (Å²) < 4.78 is 2.21. The largest absolute Gasteiger partial charge is 0.398 e. The third-order valence-electron chi connectivity index (χ3n) is 3.69. The molecule has 0 saturated heterocycles. The minimum Gasteiger partial charge on any atom is -0.398 e. The maximum absolute atomic E-state index is 6.13. The normalized spacial score (nSPS) is 11.2. The molecule has 3 rings (SSSR count). The van der Waals surface area contributed by atoms with Gasteiger partial charge in [-0.15, -0.1) is 0 Å². The fraction of sp³-hybridized carbons (Fsp3) is 0.235. The zero-order valence-corrected chi connectivity index (χ0v) is 13.0. The van der Waals surface area contributed by atoms with Crippen molar-refractivity contribution in [2.75, 3.05) is 5.73 Å². The molecule has 4 heteroatoms. The summed E-state index contributed by atoms with van der Waals surface area (Å²) in [5, 5.41) is 0.731. The first-order chi connectivity index (χ1) is 10.1. The summed E-state index contributed by atoms with van der Waals surface area (Å²) in [6.45, 7) is 5.07. The highest BCUT2D eigenvalue weighted by atomic mass is 35.5. The Bertz CT molecular complexity index is 805. The van der Waals surface area contributed by atoms with E-state index in [2.05, 4.69) is 17.6 Å². The molecule has 3 nitrogen and oxygen atoms in total. The number of imidazole rings is 1. The van der Waals surface area contributed by atoms with E-state index >= 15 is 0 Å². The minimum absolute atomic E-state index is 0.731. The predicted molar refractivity (Wildman–Crippen MR) is 89.6 cm³/mol. The molecule has 1 heterocycles. The lowest BCUT2D eigenvalue weighted by atomic mass is 10.1. The Morgan fingerprint density at radius 3 is 2.71 bits per heavy atom. The molecule has 0 atom stereocenters. The lowest BCUT2D eigenvalue weighted by molar-refractivity contribution is 0.704. The number of fused-ring (bicyclic) bond motifs is 1. The molecule has 0 bridgehead atoms. The number of halogens is 1. The van der Waals surface area contributed by atoms with Gasteiger partial charge in [-0.05, 0) is 43.2 Å². The molecular weight excluding hydrogens is 282 g/mol. The summed E-state index contributed by atoms with van der Waals surface area (Å²) in [5.74, 6) is 0.945. The molecule has 2 aromatic carbocycles. The Morgan fingerprint density at radius 1 is 1.19 bits per heavy atom. The first kappa shape index (κ1) is 14.0. The van der Waals surface area contributed by atoms with Crippen molar-refractivity contribution in [3.05, 3.63) is 47.0 Å².